The summed E-state index contributed by atoms with van der Waals surface area (Å²) in [4.78, 5) is 25.9. The van der Waals surface area contributed by atoms with Gasteiger partial charge >= 0.3 is 11.9 Å². The number of rotatable bonds is 4. The third-order valence-electron chi connectivity index (χ3n) is 14.8. The molecule has 10 atom stereocenters. The van der Waals surface area contributed by atoms with Crippen molar-refractivity contribution in [3.8, 4) is 0 Å². The Bertz CT molecular complexity index is 1330. The van der Waals surface area contributed by atoms with E-state index in [0.29, 0.717) is 23.7 Å². The predicted octanol–water partition coefficient (Wildman–Crippen LogP) is 9.35. The van der Waals surface area contributed by atoms with Crippen LogP contribution in [-0.4, -0.2) is 23.1 Å². The van der Waals surface area contributed by atoms with Crippen molar-refractivity contribution >= 4 is 18.0 Å². The van der Waals surface area contributed by atoms with Crippen LogP contribution < -0.4 is 0 Å². The first kappa shape index (κ1) is 30.7. The maximum atomic E-state index is 13.0. The Morgan fingerprint density at radius 3 is 2.30 bits per heavy atom. The average molecular weight is 587 g/mol. The highest BCUT2D eigenvalue weighted by molar-refractivity contribution is 5.87. The summed E-state index contributed by atoms with van der Waals surface area (Å²) < 4.78 is 6.21. The van der Waals surface area contributed by atoms with Crippen LogP contribution in [0.5, 0.6) is 0 Å². The van der Waals surface area contributed by atoms with E-state index in [1.165, 1.54) is 5.57 Å². The molecule has 4 saturated carbocycles. The van der Waals surface area contributed by atoms with Gasteiger partial charge in [0.05, 0.1) is 5.41 Å². The SMILES string of the molecule is C[C@H]1[C@H](C)CC[C@]2(C(=O)O)CC[C@]3(C)C(=CC[C@@H]4[C@@]5(C)CC[C@H](OC(=O)/C=C/c6ccccc6)C(C)(C)C5CC[C@]43C)[C@H]12. The molecule has 6 rings (SSSR count). The molecule has 0 amide bonds. The van der Waals surface area contributed by atoms with Gasteiger partial charge in [0, 0.05) is 11.5 Å². The minimum atomic E-state index is -0.597. The minimum absolute atomic E-state index is 0.0223. The molecule has 0 radical (unpaired) electrons. The van der Waals surface area contributed by atoms with Gasteiger partial charge in [-0.05, 0) is 115 Å². The van der Waals surface area contributed by atoms with E-state index in [1.54, 1.807) is 6.08 Å². The Hall–Kier alpha value is -2.36. The van der Waals surface area contributed by atoms with Crippen LogP contribution in [-0.2, 0) is 14.3 Å². The molecular weight excluding hydrogens is 532 g/mol. The van der Waals surface area contributed by atoms with Crippen molar-refractivity contribution in [1.82, 2.24) is 0 Å². The Labute approximate surface area is 259 Å². The summed E-state index contributed by atoms with van der Waals surface area (Å²) in [6, 6.07) is 9.91. The molecule has 5 aliphatic rings. The molecule has 4 fully saturated rings. The Morgan fingerprint density at radius 2 is 1.60 bits per heavy atom. The van der Waals surface area contributed by atoms with Gasteiger partial charge in [-0.25, -0.2) is 4.79 Å². The molecule has 1 aromatic rings. The molecule has 0 aliphatic heterocycles. The van der Waals surface area contributed by atoms with E-state index in [9.17, 15) is 14.7 Å². The second-order valence-electron chi connectivity index (χ2n) is 16.6. The number of carboxylic acid groups (broad SMARTS) is 1. The number of aliphatic carboxylic acids is 1. The van der Waals surface area contributed by atoms with Gasteiger partial charge in [-0.1, -0.05) is 90.4 Å². The van der Waals surface area contributed by atoms with Gasteiger partial charge in [0.25, 0.3) is 0 Å². The normalized spacial score (nSPS) is 45.1. The summed E-state index contributed by atoms with van der Waals surface area (Å²) in [7, 11) is 0. The molecule has 4 heteroatoms. The number of carbonyl (C=O) groups is 2. The maximum Gasteiger partial charge on any atom is 0.331 e. The fourth-order valence-corrected chi connectivity index (χ4v) is 12.0. The topological polar surface area (TPSA) is 63.6 Å². The van der Waals surface area contributed by atoms with Gasteiger partial charge in [-0.2, -0.15) is 0 Å². The van der Waals surface area contributed by atoms with E-state index in [0.717, 1.165) is 63.4 Å². The molecule has 234 valence electrons. The zero-order valence-corrected chi connectivity index (χ0v) is 27.6. The van der Waals surface area contributed by atoms with Crippen molar-refractivity contribution in [2.75, 3.05) is 0 Å². The molecule has 1 N–H and O–H groups in total. The second-order valence-corrected chi connectivity index (χ2v) is 16.6. The number of allylic oxidation sites excluding steroid dienone is 2. The second kappa shape index (κ2) is 10.3. The van der Waals surface area contributed by atoms with Crippen LogP contribution in [0.2, 0.25) is 0 Å². The van der Waals surface area contributed by atoms with Crippen LogP contribution in [0.15, 0.2) is 48.1 Å². The molecule has 5 aliphatic carbocycles. The number of hydrogen-bond donors (Lipinski definition) is 1. The van der Waals surface area contributed by atoms with Crippen LogP contribution in [0.25, 0.3) is 6.08 Å². The highest BCUT2D eigenvalue weighted by Gasteiger charge is 2.69. The van der Waals surface area contributed by atoms with Crippen molar-refractivity contribution in [1.29, 1.82) is 0 Å². The molecule has 1 aromatic carbocycles. The lowest BCUT2D eigenvalue weighted by Gasteiger charge is -2.71. The van der Waals surface area contributed by atoms with Crippen molar-refractivity contribution in [3.63, 3.8) is 0 Å². The van der Waals surface area contributed by atoms with Gasteiger partial charge in [-0.3, -0.25) is 4.79 Å². The smallest absolute Gasteiger partial charge is 0.331 e. The Morgan fingerprint density at radius 1 is 0.884 bits per heavy atom. The molecule has 0 saturated heterocycles. The number of hydrogen-bond acceptors (Lipinski definition) is 3. The summed E-state index contributed by atoms with van der Waals surface area (Å²) in [5.41, 5.74) is 2.08. The Balaban J connectivity index is 1.28. The number of ether oxygens (including phenoxy) is 1. The lowest BCUT2D eigenvalue weighted by Crippen LogP contribution is -2.65. The summed E-state index contributed by atoms with van der Waals surface area (Å²) in [6.45, 7) is 17.0. The van der Waals surface area contributed by atoms with Crippen LogP contribution in [0.1, 0.15) is 112 Å². The van der Waals surface area contributed by atoms with Gasteiger partial charge in [-0.15, -0.1) is 0 Å². The lowest BCUT2D eigenvalue weighted by atomic mass is 9.33. The van der Waals surface area contributed by atoms with Gasteiger partial charge < -0.3 is 9.84 Å². The van der Waals surface area contributed by atoms with Crippen molar-refractivity contribution in [2.45, 2.75) is 112 Å². The highest BCUT2D eigenvalue weighted by Crippen LogP contribution is 2.75. The molecule has 0 spiro atoms. The van der Waals surface area contributed by atoms with Crippen molar-refractivity contribution in [3.05, 3.63) is 53.6 Å². The van der Waals surface area contributed by atoms with Crippen LogP contribution >= 0.6 is 0 Å². The lowest BCUT2D eigenvalue weighted by molar-refractivity contribution is -0.213. The number of carbonyl (C=O) groups excluding carboxylic acids is 1. The molecule has 0 aromatic heterocycles. The zero-order valence-electron chi connectivity index (χ0n) is 27.6. The van der Waals surface area contributed by atoms with E-state index >= 15 is 0 Å². The van der Waals surface area contributed by atoms with Gasteiger partial charge in [0.2, 0.25) is 0 Å². The van der Waals surface area contributed by atoms with E-state index in [2.05, 4.69) is 54.5 Å². The third-order valence-corrected chi connectivity index (χ3v) is 14.8. The summed E-state index contributed by atoms with van der Waals surface area (Å²) in [6.07, 6.45) is 14.8. The zero-order chi connectivity index (χ0) is 31.0. The first-order valence-electron chi connectivity index (χ1n) is 17.1. The van der Waals surface area contributed by atoms with E-state index in [4.69, 9.17) is 4.74 Å². The first-order valence-corrected chi connectivity index (χ1v) is 17.1. The number of esters is 1. The van der Waals surface area contributed by atoms with Crippen molar-refractivity contribution in [2.24, 2.45) is 56.7 Å². The Kier molecular flexibility index (Phi) is 7.38. The first-order chi connectivity index (χ1) is 20.2. The molecule has 1 unspecified atom stereocenters. The molecular formula is C39H54O4. The van der Waals surface area contributed by atoms with E-state index in [1.807, 2.05) is 36.4 Å². The predicted molar refractivity (Wildman–Crippen MR) is 172 cm³/mol. The summed E-state index contributed by atoms with van der Waals surface area (Å²) >= 11 is 0. The highest BCUT2D eigenvalue weighted by atomic mass is 16.5. The summed E-state index contributed by atoms with van der Waals surface area (Å²) in [5.74, 6) is 1.29. The number of carboxylic acids is 1. The minimum Gasteiger partial charge on any atom is -0.481 e. The van der Waals surface area contributed by atoms with Crippen molar-refractivity contribution < 1.29 is 19.4 Å². The van der Waals surface area contributed by atoms with Gasteiger partial charge in [0.1, 0.15) is 6.10 Å². The van der Waals surface area contributed by atoms with Crippen LogP contribution in [0.4, 0.5) is 0 Å². The largest absolute Gasteiger partial charge is 0.481 e. The average Bonchev–Trinajstić information content (AvgIpc) is 2.96. The number of fused-ring (bicyclic) bond motifs is 7. The quantitative estimate of drug-likeness (QED) is 0.217. The standard InChI is InChI=1S/C39H54O4/c1-25-17-22-39(34(41)42)24-23-37(6)28(33(39)26(25)2)14-15-30-36(5)20-19-31(35(3,4)29(36)18-21-38(30,37)7)43-32(40)16-13-27-11-9-8-10-12-27/h8-14,16,25-26,29-31,33H,15,17-24H2,1-7H3,(H,41,42)/b16-13+/t25-,26+,29?,30-,31+,33+,36+,37-,38-,39+/m1/s1. The maximum absolute atomic E-state index is 13.0. The van der Waals surface area contributed by atoms with E-state index in [-0.39, 0.29) is 39.7 Å². The summed E-state index contributed by atoms with van der Waals surface area (Å²) in [5, 5.41) is 10.7. The molecule has 0 heterocycles. The van der Waals surface area contributed by atoms with Crippen LogP contribution in [0.3, 0.4) is 0 Å². The number of benzene rings is 1. The van der Waals surface area contributed by atoms with E-state index < -0.39 is 11.4 Å². The van der Waals surface area contributed by atoms with Gasteiger partial charge in [0.15, 0.2) is 0 Å². The fourth-order valence-electron chi connectivity index (χ4n) is 12.0. The molecule has 4 nitrogen and oxygen atoms in total. The van der Waals surface area contributed by atoms with Crippen LogP contribution in [0, 0.1) is 56.7 Å². The fraction of sp³-hybridized carbons (Fsp3) is 0.692. The molecule has 0 bridgehead atoms. The third kappa shape index (κ3) is 4.35. The molecule has 43 heavy (non-hydrogen) atoms. The monoisotopic (exact) mass is 586 g/mol.